The van der Waals surface area contributed by atoms with E-state index in [9.17, 15) is 9.59 Å². The van der Waals surface area contributed by atoms with Gasteiger partial charge in [0.2, 0.25) is 5.91 Å². The van der Waals surface area contributed by atoms with Gasteiger partial charge in [0.1, 0.15) is 0 Å². The van der Waals surface area contributed by atoms with Gasteiger partial charge in [0.15, 0.2) is 0 Å². The van der Waals surface area contributed by atoms with Crippen molar-refractivity contribution in [2.45, 2.75) is 6.54 Å². The third kappa shape index (κ3) is 3.01. The normalized spacial score (nSPS) is 16.6. The average Bonchev–Trinajstić information content (AvgIpc) is 2.29. The van der Waals surface area contributed by atoms with Gasteiger partial charge in [-0.2, -0.15) is 0 Å². The molecule has 17 heavy (non-hydrogen) atoms. The number of carbonyl (C=O) groups is 2. The molecule has 2 N–H and O–H groups in total. The summed E-state index contributed by atoms with van der Waals surface area (Å²) >= 11 is 0. The number of hydrogen-bond acceptors (Lipinski definition) is 4. The Morgan fingerprint density at radius 2 is 2.35 bits per heavy atom. The molecule has 90 valence electrons. The molecule has 0 radical (unpaired) electrons. The minimum absolute atomic E-state index is 0.0124. The number of piperazine rings is 1. The third-order valence-electron chi connectivity index (χ3n) is 2.57. The van der Waals surface area contributed by atoms with E-state index in [2.05, 4.69) is 10.3 Å². The topological polar surface area (TPSA) is 82.5 Å². The molecule has 1 aromatic rings. The average molecular weight is 235 g/mol. The lowest BCUT2D eigenvalue weighted by molar-refractivity contribution is -0.124. The second-order valence-corrected chi connectivity index (χ2v) is 3.90. The number of carboxylic acid groups (broad SMARTS) is 1. The predicted octanol–water partition coefficient (Wildman–Crippen LogP) is -0.288. The number of nitrogens with one attached hydrogen (secondary N) is 1. The fourth-order valence-corrected chi connectivity index (χ4v) is 1.70. The lowest BCUT2D eigenvalue weighted by Crippen LogP contribution is -2.47. The third-order valence-corrected chi connectivity index (χ3v) is 2.57. The van der Waals surface area contributed by atoms with E-state index in [1.165, 1.54) is 12.3 Å². The Balaban J connectivity index is 1.98. The van der Waals surface area contributed by atoms with Crippen LogP contribution in [0, 0.1) is 0 Å². The van der Waals surface area contributed by atoms with Crippen molar-refractivity contribution < 1.29 is 14.7 Å². The molecule has 2 rings (SSSR count). The number of nitrogens with zero attached hydrogens (tertiary/aromatic N) is 2. The Morgan fingerprint density at radius 1 is 1.53 bits per heavy atom. The van der Waals surface area contributed by atoms with E-state index in [-0.39, 0.29) is 11.5 Å². The van der Waals surface area contributed by atoms with Crippen molar-refractivity contribution in [3.63, 3.8) is 0 Å². The van der Waals surface area contributed by atoms with Gasteiger partial charge in [0.25, 0.3) is 0 Å². The van der Waals surface area contributed by atoms with Crippen LogP contribution in [-0.2, 0) is 11.3 Å². The van der Waals surface area contributed by atoms with Crippen LogP contribution in [0.5, 0.6) is 0 Å². The Bertz CT molecular complexity index is 430. The van der Waals surface area contributed by atoms with E-state index in [1.54, 1.807) is 6.07 Å². The van der Waals surface area contributed by atoms with Crippen LogP contribution in [0.25, 0.3) is 0 Å². The highest BCUT2D eigenvalue weighted by Gasteiger charge is 2.16. The van der Waals surface area contributed by atoms with E-state index in [4.69, 9.17) is 5.11 Å². The summed E-state index contributed by atoms with van der Waals surface area (Å²) in [5.74, 6) is -0.972. The summed E-state index contributed by atoms with van der Waals surface area (Å²) in [5, 5.41) is 11.5. The summed E-state index contributed by atoms with van der Waals surface area (Å²) in [4.78, 5) is 27.8. The standard InChI is InChI=1S/C11H13N3O3/c15-10-7-14(4-3-12-10)6-9-2-1-8(5-13-9)11(16)17/h1-2,5H,3-4,6-7H2,(H,12,15)(H,16,17). The van der Waals surface area contributed by atoms with Crippen LogP contribution in [-0.4, -0.2) is 46.5 Å². The molecule has 0 aromatic carbocycles. The molecule has 1 amide bonds. The molecule has 0 bridgehead atoms. The fraction of sp³-hybridized carbons (Fsp3) is 0.364. The molecule has 1 aromatic heterocycles. The van der Waals surface area contributed by atoms with Gasteiger partial charge in [0, 0.05) is 25.8 Å². The van der Waals surface area contributed by atoms with Crippen LogP contribution >= 0.6 is 0 Å². The van der Waals surface area contributed by atoms with Gasteiger partial charge in [-0.05, 0) is 12.1 Å². The number of amides is 1. The number of rotatable bonds is 3. The smallest absolute Gasteiger partial charge is 0.337 e. The molecule has 1 saturated heterocycles. The highest BCUT2D eigenvalue weighted by Crippen LogP contribution is 2.05. The molecule has 0 saturated carbocycles. The lowest BCUT2D eigenvalue weighted by Gasteiger charge is -2.25. The van der Waals surface area contributed by atoms with Gasteiger partial charge in [-0.1, -0.05) is 0 Å². The van der Waals surface area contributed by atoms with Crippen molar-refractivity contribution >= 4 is 11.9 Å². The first-order valence-electron chi connectivity index (χ1n) is 5.32. The first-order chi connectivity index (χ1) is 8.15. The second kappa shape index (κ2) is 4.92. The Morgan fingerprint density at radius 3 is 2.94 bits per heavy atom. The molecule has 6 heteroatoms. The monoisotopic (exact) mass is 235 g/mol. The van der Waals surface area contributed by atoms with Crippen LogP contribution in [0.2, 0.25) is 0 Å². The van der Waals surface area contributed by atoms with E-state index in [0.717, 1.165) is 12.2 Å². The maximum absolute atomic E-state index is 11.2. The summed E-state index contributed by atoms with van der Waals surface area (Å²) < 4.78 is 0. The molecule has 1 fully saturated rings. The molecule has 0 spiro atoms. The zero-order valence-electron chi connectivity index (χ0n) is 9.22. The predicted molar refractivity (Wildman–Crippen MR) is 59.5 cm³/mol. The van der Waals surface area contributed by atoms with Crippen molar-refractivity contribution in [3.8, 4) is 0 Å². The number of hydrogen-bond donors (Lipinski definition) is 2. The highest BCUT2D eigenvalue weighted by atomic mass is 16.4. The molecule has 1 aliphatic heterocycles. The summed E-state index contributed by atoms with van der Waals surface area (Å²) in [6, 6.07) is 3.20. The Kier molecular flexibility index (Phi) is 3.34. The molecule has 1 aliphatic rings. The van der Waals surface area contributed by atoms with Crippen molar-refractivity contribution in [3.05, 3.63) is 29.6 Å². The van der Waals surface area contributed by atoms with Crippen LogP contribution in [0.4, 0.5) is 0 Å². The molecule has 2 heterocycles. The quantitative estimate of drug-likeness (QED) is 0.752. The minimum Gasteiger partial charge on any atom is -0.478 e. The van der Waals surface area contributed by atoms with Gasteiger partial charge in [-0.15, -0.1) is 0 Å². The minimum atomic E-state index is -0.985. The highest BCUT2D eigenvalue weighted by molar-refractivity contribution is 5.87. The number of carbonyl (C=O) groups excluding carboxylic acids is 1. The van der Waals surface area contributed by atoms with E-state index < -0.39 is 5.97 Å². The molecule has 0 atom stereocenters. The molecule has 6 nitrogen and oxygen atoms in total. The number of pyridine rings is 1. The van der Waals surface area contributed by atoms with Crippen molar-refractivity contribution in [2.24, 2.45) is 0 Å². The lowest BCUT2D eigenvalue weighted by atomic mass is 10.2. The van der Waals surface area contributed by atoms with E-state index in [0.29, 0.717) is 19.6 Å². The summed E-state index contributed by atoms with van der Waals surface area (Å²) in [7, 11) is 0. The maximum atomic E-state index is 11.2. The van der Waals surface area contributed by atoms with Crippen molar-refractivity contribution in [1.29, 1.82) is 0 Å². The largest absolute Gasteiger partial charge is 0.478 e. The molecular formula is C11H13N3O3. The number of carboxylic acids is 1. The summed E-state index contributed by atoms with van der Waals surface area (Å²) in [5.41, 5.74) is 0.940. The van der Waals surface area contributed by atoms with E-state index in [1.807, 2.05) is 4.90 Å². The Labute approximate surface area is 98.3 Å². The number of aromatic nitrogens is 1. The fourth-order valence-electron chi connectivity index (χ4n) is 1.70. The van der Waals surface area contributed by atoms with Gasteiger partial charge in [-0.25, -0.2) is 4.79 Å². The zero-order chi connectivity index (χ0) is 12.3. The second-order valence-electron chi connectivity index (χ2n) is 3.90. The summed E-state index contributed by atoms with van der Waals surface area (Å²) in [6.45, 7) is 2.36. The molecular weight excluding hydrogens is 222 g/mol. The maximum Gasteiger partial charge on any atom is 0.337 e. The van der Waals surface area contributed by atoms with Crippen LogP contribution in [0.15, 0.2) is 18.3 Å². The van der Waals surface area contributed by atoms with Crippen molar-refractivity contribution in [2.75, 3.05) is 19.6 Å². The Hall–Kier alpha value is -1.95. The molecule has 0 unspecified atom stereocenters. The SMILES string of the molecule is O=C1CN(Cc2ccc(C(=O)O)cn2)CCN1. The first kappa shape index (κ1) is 11.5. The summed E-state index contributed by atoms with van der Waals surface area (Å²) in [6.07, 6.45) is 1.34. The van der Waals surface area contributed by atoms with Gasteiger partial charge >= 0.3 is 5.97 Å². The van der Waals surface area contributed by atoms with Crippen LogP contribution in [0.1, 0.15) is 16.1 Å². The van der Waals surface area contributed by atoms with Crippen LogP contribution in [0.3, 0.4) is 0 Å². The first-order valence-corrected chi connectivity index (χ1v) is 5.32. The van der Waals surface area contributed by atoms with Gasteiger partial charge in [0.05, 0.1) is 17.8 Å². The number of aromatic carboxylic acids is 1. The zero-order valence-corrected chi connectivity index (χ0v) is 9.22. The van der Waals surface area contributed by atoms with Crippen molar-refractivity contribution in [1.82, 2.24) is 15.2 Å². The van der Waals surface area contributed by atoms with Crippen LogP contribution < -0.4 is 5.32 Å². The van der Waals surface area contributed by atoms with Gasteiger partial charge in [-0.3, -0.25) is 14.7 Å². The van der Waals surface area contributed by atoms with Gasteiger partial charge < -0.3 is 10.4 Å². The molecule has 0 aliphatic carbocycles. The van der Waals surface area contributed by atoms with E-state index >= 15 is 0 Å².